The van der Waals surface area contributed by atoms with Crippen LogP contribution >= 0.6 is 0 Å². The summed E-state index contributed by atoms with van der Waals surface area (Å²) in [4.78, 5) is 0. The molecule has 0 aromatic heterocycles. The molecule has 1 aromatic carbocycles. The zero-order valence-corrected chi connectivity index (χ0v) is 12.4. The molecule has 19 heavy (non-hydrogen) atoms. The van der Waals surface area contributed by atoms with Gasteiger partial charge in [-0.2, -0.15) is 0 Å². The summed E-state index contributed by atoms with van der Waals surface area (Å²) in [5.74, 6) is 0.738. The van der Waals surface area contributed by atoms with Crippen LogP contribution in [0.25, 0.3) is 0 Å². The van der Waals surface area contributed by atoms with E-state index < -0.39 is 0 Å². The van der Waals surface area contributed by atoms with E-state index in [1.54, 1.807) is 12.1 Å². The van der Waals surface area contributed by atoms with Crippen LogP contribution in [0.1, 0.15) is 52.0 Å². The lowest BCUT2D eigenvalue weighted by Gasteiger charge is -2.49. The third kappa shape index (κ3) is 3.17. The quantitative estimate of drug-likeness (QED) is 0.808. The Labute approximate surface area is 116 Å². The van der Waals surface area contributed by atoms with Crippen LogP contribution in [0.2, 0.25) is 0 Å². The second kappa shape index (κ2) is 6.04. The molecule has 0 heterocycles. The maximum atomic E-state index is 14.1. The number of benzene rings is 1. The van der Waals surface area contributed by atoms with E-state index in [-0.39, 0.29) is 11.2 Å². The van der Waals surface area contributed by atoms with Crippen molar-refractivity contribution in [3.05, 3.63) is 35.6 Å². The van der Waals surface area contributed by atoms with E-state index in [1.807, 2.05) is 12.1 Å². The Balaban J connectivity index is 2.14. The molecular weight excluding hydrogens is 237 g/mol. The zero-order valence-electron chi connectivity index (χ0n) is 12.4. The molecule has 0 bridgehead atoms. The molecular formula is C17H26FN. The van der Waals surface area contributed by atoms with Crippen molar-refractivity contribution in [1.82, 2.24) is 5.32 Å². The van der Waals surface area contributed by atoms with Crippen LogP contribution in [0.15, 0.2) is 24.3 Å². The van der Waals surface area contributed by atoms with Crippen LogP contribution in [-0.2, 0) is 5.41 Å². The minimum Gasteiger partial charge on any atom is -0.314 e. The summed E-state index contributed by atoms with van der Waals surface area (Å²) in [6, 6.07) is 7.76. The van der Waals surface area contributed by atoms with E-state index in [0.717, 1.165) is 30.9 Å². The summed E-state index contributed by atoms with van der Waals surface area (Å²) in [5, 5.41) is 3.51. The predicted molar refractivity (Wildman–Crippen MR) is 78.8 cm³/mol. The van der Waals surface area contributed by atoms with Gasteiger partial charge in [0, 0.05) is 18.0 Å². The molecule has 0 aliphatic heterocycles. The zero-order chi connectivity index (χ0) is 13.9. The average Bonchev–Trinajstić information content (AvgIpc) is 2.33. The normalized spacial score (nSPS) is 26.5. The van der Waals surface area contributed by atoms with Crippen molar-refractivity contribution in [1.29, 1.82) is 0 Å². The SMILES string of the molecule is CCCC1CC(CNC(C)C)(c2ccccc2F)C1. The summed E-state index contributed by atoms with van der Waals surface area (Å²) in [6.45, 7) is 7.43. The van der Waals surface area contributed by atoms with Crippen molar-refractivity contribution in [3.63, 3.8) is 0 Å². The fourth-order valence-corrected chi connectivity index (χ4v) is 3.41. The molecule has 0 amide bonds. The van der Waals surface area contributed by atoms with Crippen molar-refractivity contribution in [2.75, 3.05) is 6.54 Å². The molecule has 1 N–H and O–H groups in total. The Morgan fingerprint density at radius 3 is 2.58 bits per heavy atom. The summed E-state index contributed by atoms with van der Waals surface area (Å²) in [5.41, 5.74) is 0.936. The van der Waals surface area contributed by atoms with Crippen LogP contribution in [0.5, 0.6) is 0 Å². The van der Waals surface area contributed by atoms with E-state index in [9.17, 15) is 4.39 Å². The van der Waals surface area contributed by atoms with Crippen molar-refractivity contribution in [3.8, 4) is 0 Å². The van der Waals surface area contributed by atoms with Crippen molar-refractivity contribution in [2.45, 2.75) is 57.9 Å². The van der Waals surface area contributed by atoms with Gasteiger partial charge in [0.15, 0.2) is 0 Å². The highest BCUT2D eigenvalue weighted by Gasteiger charge is 2.45. The largest absolute Gasteiger partial charge is 0.314 e. The Kier molecular flexibility index (Phi) is 4.62. The molecule has 2 rings (SSSR count). The molecule has 1 aromatic rings. The number of hydrogen-bond donors (Lipinski definition) is 1. The smallest absolute Gasteiger partial charge is 0.127 e. The van der Waals surface area contributed by atoms with Crippen LogP contribution < -0.4 is 5.32 Å². The molecule has 0 unspecified atom stereocenters. The molecule has 106 valence electrons. The maximum Gasteiger partial charge on any atom is 0.127 e. The summed E-state index contributed by atoms with van der Waals surface area (Å²) in [6.07, 6.45) is 4.76. The predicted octanol–water partition coefficient (Wildman–Crippen LogP) is 4.27. The first-order chi connectivity index (χ1) is 9.07. The van der Waals surface area contributed by atoms with Gasteiger partial charge >= 0.3 is 0 Å². The third-order valence-corrected chi connectivity index (χ3v) is 4.35. The molecule has 1 aliphatic carbocycles. The van der Waals surface area contributed by atoms with Gasteiger partial charge < -0.3 is 5.32 Å². The topological polar surface area (TPSA) is 12.0 Å². The van der Waals surface area contributed by atoms with Crippen LogP contribution in [0.3, 0.4) is 0 Å². The number of rotatable bonds is 6. The minimum atomic E-state index is -0.0389. The van der Waals surface area contributed by atoms with Gasteiger partial charge in [0.05, 0.1) is 0 Å². The van der Waals surface area contributed by atoms with Gasteiger partial charge in [-0.1, -0.05) is 51.8 Å². The first-order valence-electron chi connectivity index (χ1n) is 7.56. The van der Waals surface area contributed by atoms with E-state index in [4.69, 9.17) is 0 Å². The minimum absolute atomic E-state index is 0.0233. The van der Waals surface area contributed by atoms with Gasteiger partial charge in [-0.05, 0) is 30.4 Å². The summed E-state index contributed by atoms with van der Waals surface area (Å²) >= 11 is 0. The highest BCUT2D eigenvalue weighted by atomic mass is 19.1. The van der Waals surface area contributed by atoms with Gasteiger partial charge in [-0.25, -0.2) is 4.39 Å². The average molecular weight is 263 g/mol. The molecule has 1 saturated carbocycles. The van der Waals surface area contributed by atoms with E-state index >= 15 is 0 Å². The van der Waals surface area contributed by atoms with E-state index in [2.05, 4.69) is 26.1 Å². The summed E-state index contributed by atoms with van der Waals surface area (Å²) in [7, 11) is 0. The van der Waals surface area contributed by atoms with Crippen molar-refractivity contribution >= 4 is 0 Å². The first kappa shape index (κ1) is 14.5. The standard InChI is InChI=1S/C17H26FN/c1-4-7-14-10-17(11-14,12-19-13(2)3)15-8-5-6-9-16(15)18/h5-6,8-9,13-14,19H,4,7,10-12H2,1-3H3. The van der Waals surface area contributed by atoms with Gasteiger partial charge in [-0.15, -0.1) is 0 Å². The fourth-order valence-electron chi connectivity index (χ4n) is 3.41. The molecule has 0 radical (unpaired) electrons. The second-order valence-corrected chi connectivity index (χ2v) is 6.36. The van der Waals surface area contributed by atoms with Gasteiger partial charge in [0.1, 0.15) is 5.82 Å². The molecule has 0 atom stereocenters. The highest BCUT2D eigenvalue weighted by molar-refractivity contribution is 5.31. The number of hydrogen-bond acceptors (Lipinski definition) is 1. The molecule has 2 heteroatoms. The number of nitrogens with one attached hydrogen (secondary N) is 1. The van der Waals surface area contributed by atoms with Crippen LogP contribution in [0, 0.1) is 11.7 Å². The fraction of sp³-hybridized carbons (Fsp3) is 0.647. The highest BCUT2D eigenvalue weighted by Crippen LogP contribution is 2.49. The Morgan fingerprint density at radius 2 is 2.00 bits per heavy atom. The van der Waals surface area contributed by atoms with Crippen molar-refractivity contribution in [2.24, 2.45) is 5.92 Å². The van der Waals surface area contributed by atoms with Gasteiger partial charge in [0.25, 0.3) is 0 Å². The lowest BCUT2D eigenvalue weighted by Crippen LogP contribution is -2.50. The van der Waals surface area contributed by atoms with Gasteiger partial charge in [-0.3, -0.25) is 0 Å². The maximum absolute atomic E-state index is 14.1. The molecule has 0 saturated heterocycles. The van der Waals surface area contributed by atoms with Crippen molar-refractivity contribution < 1.29 is 4.39 Å². The van der Waals surface area contributed by atoms with Crippen LogP contribution in [-0.4, -0.2) is 12.6 Å². The Morgan fingerprint density at radius 1 is 1.32 bits per heavy atom. The van der Waals surface area contributed by atoms with Gasteiger partial charge in [0.2, 0.25) is 0 Å². The Bertz CT molecular complexity index is 407. The third-order valence-electron chi connectivity index (χ3n) is 4.35. The first-order valence-corrected chi connectivity index (χ1v) is 7.56. The molecule has 1 nitrogen and oxygen atoms in total. The molecule has 0 spiro atoms. The monoisotopic (exact) mass is 263 g/mol. The number of halogens is 1. The summed E-state index contributed by atoms with van der Waals surface area (Å²) < 4.78 is 14.1. The van der Waals surface area contributed by atoms with Crippen LogP contribution in [0.4, 0.5) is 4.39 Å². The lowest BCUT2D eigenvalue weighted by molar-refractivity contribution is 0.122. The molecule has 1 aliphatic rings. The van der Waals surface area contributed by atoms with E-state index in [0.29, 0.717) is 6.04 Å². The molecule has 1 fully saturated rings. The van der Waals surface area contributed by atoms with E-state index in [1.165, 1.54) is 12.8 Å². The Hall–Kier alpha value is -0.890. The second-order valence-electron chi connectivity index (χ2n) is 6.36. The lowest BCUT2D eigenvalue weighted by atomic mass is 9.57.